The first kappa shape index (κ1) is 22.5. The highest BCUT2D eigenvalue weighted by Gasteiger charge is 2.16. The Morgan fingerprint density at radius 1 is 0.967 bits per heavy atom. The quantitative estimate of drug-likeness (QED) is 0.666. The Morgan fingerprint density at radius 2 is 1.53 bits per heavy atom. The molecule has 1 aliphatic rings. The van der Waals surface area contributed by atoms with Crippen molar-refractivity contribution in [2.75, 3.05) is 26.2 Å². The van der Waals surface area contributed by atoms with Crippen LogP contribution in [0.15, 0.2) is 48.5 Å². The molecule has 5 nitrogen and oxygen atoms in total. The third kappa shape index (κ3) is 6.66. The third-order valence-electron chi connectivity index (χ3n) is 5.96. The lowest BCUT2D eigenvalue weighted by Crippen LogP contribution is -2.35. The molecule has 1 heterocycles. The van der Waals surface area contributed by atoms with Gasteiger partial charge in [0.15, 0.2) is 0 Å². The highest BCUT2D eigenvalue weighted by atomic mass is 16.3. The number of nitrogens with zero attached hydrogens (tertiary/aromatic N) is 2. The molecule has 2 aromatic carbocycles. The largest absolute Gasteiger partial charge is 0.393 e. The van der Waals surface area contributed by atoms with Crippen LogP contribution in [-0.4, -0.2) is 53.1 Å². The number of likely N-dealkylation sites (tertiary alicyclic amines) is 1. The second-order valence-corrected chi connectivity index (χ2v) is 8.16. The van der Waals surface area contributed by atoms with Gasteiger partial charge in [0.25, 0.3) is 5.91 Å². The number of piperidine rings is 1. The summed E-state index contributed by atoms with van der Waals surface area (Å²) in [5.74, 6) is -0.0414. The highest BCUT2D eigenvalue weighted by molar-refractivity contribution is 5.94. The van der Waals surface area contributed by atoms with Crippen molar-refractivity contribution in [3.63, 3.8) is 0 Å². The molecule has 5 heteroatoms. The second-order valence-electron chi connectivity index (χ2n) is 8.16. The lowest BCUT2D eigenvalue weighted by atomic mass is 10.1. The summed E-state index contributed by atoms with van der Waals surface area (Å²) in [5.41, 5.74) is 4.29. The lowest BCUT2D eigenvalue weighted by Gasteiger charge is -2.29. The van der Waals surface area contributed by atoms with Crippen molar-refractivity contribution in [3.8, 4) is 0 Å². The van der Waals surface area contributed by atoms with Gasteiger partial charge in [-0.1, -0.05) is 50.2 Å². The average Bonchev–Trinajstić information content (AvgIpc) is 2.78. The van der Waals surface area contributed by atoms with Gasteiger partial charge in [0, 0.05) is 38.3 Å². The van der Waals surface area contributed by atoms with E-state index in [4.69, 9.17) is 0 Å². The monoisotopic (exact) mass is 409 g/mol. The van der Waals surface area contributed by atoms with E-state index in [0.29, 0.717) is 12.1 Å². The predicted octanol–water partition coefficient (Wildman–Crippen LogP) is 3.42. The molecule has 0 saturated carbocycles. The SMILES string of the molecule is CCN(CC)Cc1ccc(C(=O)NCc2ccc(CN3CCC(O)CC3)cc2)cc1. The molecule has 1 saturated heterocycles. The fourth-order valence-electron chi connectivity index (χ4n) is 3.85. The van der Waals surface area contributed by atoms with E-state index < -0.39 is 0 Å². The van der Waals surface area contributed by atoms with Crippen molar-refractivity contribution in [1.82, 2.24) is 15.1 Å². The van der Waals surface area contributed by atoms with Crippen LogP contribution < -0.4 is 5.32 Å². The molecule has 162 valence electrons. The van der Waals surface area contributed by atoms with E-state index in [2.05, 4.69) is 53.2 Å². The Hall–Kier alpha value is -2.21. The van der Waals surface area contributed by atoms with Gasteiger partial charge in [-0.15, -0.1) is 0 Å². The standard InChI is InChI=1S/C25H35N3O2/c1-3-27(4-2)18-22-9-11-23(12-10-22)25(30)26-17-20-5-7-21(8-6-20)19-28-15-13-24(29)14-16-28/h5-12,24,29H,3-4,13-19H2,1-2H3,(H,26,30). The minimum absolute atomic E-state index is 0.0414. The van der Waals surface area contributed by atoms with Gasteiger partial charge < -0.3 is 10.4 Å². The topological polar surface area (TPSA) is 55.8 Å². The molecule has 0 aromatic heterocycles. The first-order chi connectivity index (χ1) is 14.6. The molecule has 0 unspecified atom stereocenters. The van der Waals surface area contributed by atoms with Gasteiger partial charge >= 0.3 is 0 Å². The smallest absolute Gasteiger partial charge is 0.251 e. The zero-order chi connectivity index (χ0) is 21.3. The fraction of sp³-hybridized carbons (Fsp3) is 0.480. The summed E-state index contributed by atoms with van der Waals surface area (Å²) in [5, 5.41) is 12.6. The summed E-state index contributed by atoms with van der Waals surface area (Å²) >= 11 is 0. The predicted molar refractivity (Wildman–Crippen MR) is 121 cm³/mol. The number of amides is 1. The van der Waals surface area contributed by atoms with Crippen LogP contribution in [0.3, 0.4) is 0 Å². The van der Waals surface area contributed by atoms with Crippen LogP contribution in [0.5, 0.6) is 0 Å². The molecule has 1 fully saturated rings. The van der Waals surface area contributed by atoms with E-state index >= 15 is 0 Å². The zero-order valence-corrected chi connectivity index (χ0v) is 18.3. The molecular weight excluding hydrogens is 374 g/mol. The molecule has 30 heavy (non-hydrogen) atoms. The van der Waals surface area contributed by atoms with Gasteiger partial charge in [0.2, 0.25) is 0 Å². The minimum atomic E-state index is -0.134. The van der Waals surface area contributed by atoms with Crippen molar-refractivity contribution in [2.24, 2.45) is 0 Å². The molecule has 0 aliphatic carbocycles. The normalized spacial score (nSPS) is 15.5. The van der Waals surface area contributed by atoms with E-state index in [9.17, 15) is 9.90 Å². The summed E-state index contributed by atoms with van der Waals surface area (Å²) in [7, 11) is 0. The molecule has 0 radical (unpaired) electrons. The van der Waals surface area contributed by atoms with Gasteiger partial charge in [-0.25, -0.2) is 0 Å². The Morgan fingerprint density at radius 3 is 2.13 bits per heavy atom. The minimum Gasteiger partial charge on any atom is -0.393 e. The number of rotatable bonds is 9. The zero-order valence-electron chi connectivity index (χ0n) is 18.3. The van der Waals surface area contributed by atoms with Gasteiger partial charge in [-0.3, -0.25) is 14.6 Å². The number of carbonyl (C=O) groups excluding carboxylic acids is 1. The lowest BCUT2D eigenvalue weighted by molar-refractivity contribution is 0.0792. The summed E-state index contributed by atoms with van der Waals surface area (Å²) < 4.78 is 0. The van der Waals surface area contributed by atoms with Crippen LogP contribution in [-0.2, 0) is 19.6 Å². The second kappa shape index (κ2) is 11.3. The van der Waals surface area contributed by atoms with Crippen LogP contribution in [0.25, 0.3) is 0 Å². The molecule has 0 bridgehead atoms. The van der Waals surface area contributed by atoms with Crippen LogP contribution in [0.4, 0.5) is 0 Å². The van der Waals surface area contributed by atoms with Gasteiger partial charge in [0.05, 0.1) is 6.10 Å². The van der Waals surface area contributed by atoms with Crippen molar-refractivity contribution in [1.29, 1.82) is 0 Å². The molecular formula is C25H35N3O2. The number of aliphatic hydroxyl groups excluding tert-OH is 1. The van der Waals surface area contributed by atoms with E-state index in [0.717, 1.165) is 57.7 Å². The van der Waals surface area contributed by atoms with Crippen molar-refractivity contribution in [3.05, 3.63) is 70.8 Å². The van der Waals surface area contributed by atoms with E-state index in [-0.39, 0.29) is 12.0 Å². The molecule has 1 amide bonds. The highest BCUT2D eigenvalue weighted by Crippen LogP contribution is 2.14. The number of hydrogen-bond acceptors (Lipinski definition) is 4. The molecule has 2 aromatic rings. The molecule has 0 atom stereocenters. The number of aliphatic hydroxyl groups is 1. The van der Waals surface area contributed by atoms with Gasteiger partial charge in [0.1, 0.15) is 0 Å². The maximum Gasteiger partial charge on any atom is 0.251 e. The summed E-state index contributed by atoms with van der Waals surface area (Å²) in [4.78, 5) is 17.2. The molecule has 3 rings (SSSR count). The molecule has 0 spiro atoms. The maximum absolute atomic E-state index is 12.5. The van der Waals surface area contributed by atoms with Gasteiger partial charge in [-0.05, 0) is 54.8 Å². The first-order valence-electron chi connectivity index (χ1n) is 11.1. The van der Waals surface area contributed by atoms with Crippen molar-refractivity contribution in [2.45, 2.75) is 52.4 Å². The molecule has 2 N–H and O–H groups in total. The maximum atomic E-state index is 12.5. The number of hydrogen-bond donors (Lipinski definition) is 2. The van der Waals surface area contributed by atoms with Crippen LogP contribution in [0.2, 0.25) is 0 Å². The Labute approximate surface area is 180 Å². The van der Waals surface area contributed by atoms with Gasteiger partial charge in [-0.2, -0.15) is 0 Å². The number of carbonyl (C=O) groups is 1. The van der Waals surface area contributed by atoms with Crippen molar-refractivity contribution < 1.29 is 9.90 Å². The fourth-order valence-corrected chi connectivity index (χ4v) is 3.85. The van der Waals surface area contributed by atoms with Crippen molar-refractivity contribution >= 4 is 5.91 Å². The Kier molecular flexibility index (Phi) is 8.43. The average molecular weight is 410 g/mol. The first-order valence-corrected chi connectivity index (χ1v) is 11.1. The summed E-state index contributed by atoms with van der Waals surface area (Å²) in [6, 6.07) is 16.3. The Balaban J connectivity index is 1.46. The third-order valence-corrected chi connectivity index (χ3v) is 5.96. The van der Waals surface area contributed by atoms with E-state index in [1.165, 1.54) is 11.1 Å². The number of nitrogens with one attached hydrogen (secondary N) is 1. The van der Waals surface area contributed by atoms with E-state index in [1.807, 2.05) is 24.3 Å². The summed E-state index contributed by atoms with van der Waals surface area (Å²) in [6.07, 6.45) is 1.59. The number of benzene rings is 2. The van der Waals surface area contributed by atoms with Crippen LogP contribution in [0.1, 0.15) is 53.7 Å². The van der Waals surface area contributed by atoms with Crippen LogP contribution >= 0.6 is 0 Å². The van der Waals surface area contributed by atoms with E-state index in [1.54, 1.807) is 0 Å². The molecule has 1 aliphatic heterocycles. The van der Waals surface area contributed by atoms with Crippen LogP contribution in [0, 0.1) is 0 Å². The summed E-state index contributed by atoms with van der Waals surface area (Å²) in [6.45, 7) is 10.6. The Bertz CT molecular complexity index is 777.